The van der Waals surface area contributed by atoms with Gasteiger partial charge in [0.05, 0.1) is 0 Å². The van der Waals surface area contributed by atoms with Gasteiger partial charge in [-0.2, -0.15) is 0 Å². The quantitative estimate of drug-likeness (QED) is 0.187. The van der Waals surface area contributed by atoms with Crippen molar-refractivity contribution >= 4 is 36.2 Å². The molecule has 3 aromatic rings. The molecule has 198 valence electrons. The van der Waals surface area contributed by atoms with Crippen LogP contribution in [0.15, 0.2) is 102 Å². The number of nitrogens with zero attached hydrogens (tertiary/aromatic N) is 1. The summed E-state index contributed by atoms with van der Waals surface area (Å²) in [5.41, 5.74) is 1.89. The number of thioether (sulfide) groups is 1. The Kier molecular flexibility index (Phi) is 7.93. The van der Waals surface area contributed by atoms with Crippen molar-refractivity contribution in [3.05, 3.63) is 113 Å². The highest BCUT2D eigenvalue weighted by molar-refractivity contribution is 8.00. The van der Waals surface area contributed by atoms with E-state index in [1.165, 1.54) is 16.7 Å². The number of para-hydroxylation sites is 1. The van der Waals surface area contributed by atoms with E-state index in [4.69, 9.17) is 14.2 Å². The molecule has 0 saturated carbocycles. The number of rotatable bonds is 9. The molecule has 2 amide bonds. The number of carbonyl (C=O) groups excluding carboxylic acids is 4. The first kappa shape index (κ1) is 26.1. The predicted molar refractivity (Wildman–Crippen MR) is 142 cm³/mol. The molecule has 1 N–H and O–H groups in total. The third-order valence-corrected chi connectivity index (χ3v) is 7.57. The van der Waals surface area contributed by atoms with Crippen LogP contribution in [0.25, 0.3) is 0 Å². The van der Waals surface area contributed by atoms with Crippen LogP contribution in [-0.2, 0) is 23.9 Å². The first-order valence-corrected chi connectivity index (χ1v) is 13.2. The van der Waals surface area contributed by atoms with Crippen LogP contribution < -0.4 is 10.1 Å². The number of amides is 2. The van der Waals surface area contributed by atoms with E-state index in [1.807, 2.05) is 60.7 Å². The molecule has 2 heterocycles. The summed E-state index contributed by atoms with van der Waals surface area (Å²) in [5.74, 6) is -0.614. The summed E-state index contributed by atoms with van der Waals surface area (Å²) >= 11 is 1.35. The Hall–Kier alpha value is -4.57. The molecule has 3 aromatic carbocycles. The number of carbonyl (C=O) groups is 4. The summed E-state index contributed by atoms with van der Waals surface area (Å²) in [6.45, 7) is -0.285. The van der Waals surface area contributed by atoms with Gasteiger partial charge in [0.1, 0.15) is 29.5 Å². The summed E-state index contributed by atoms with van der Waals surface area (Å²) < 4.78 is 16.5. The van der Waals surface area contributed by atoms with Crippen molar-refractivity contribution in [1.29, 1.82) is 0 Å². The van der Waals surface area contributed by atoms with Crippen LogP contribution in [0.1, 0.15) is 17.2 Å². The van der Waals surface area contributed by atoms with E-state index in [9.17, 15) is 19.2 Å². The Morgan fingerprint density at radius 3 is 2.13 bits per heavy atom. The molecule has 10 heteroatoms. The lowest BCUT2D eigenvalue weighted by molar-refractivity contribution is -0.154. The van der Waals surface area contributed by atoms with Gasteiger partial charge in [0, 0.05) is 11.3 Å². The topological polar surface area (TPSA) is 111 Å². The molecule has 1 unspecified atom stereocenters. The van der Waals surface area contributed by atoms with Crippen molar-refractivity contribution in [3.8, 4) is 5.75 Å². The maximum Gasteiger partial charge on any atom is 0.514 e. The number of esters is 1. The highest BCUT2D eigenvalue weighted by Crippen LogP contribution is 2.41. The molecular formula is C29H24N2O7S. The smallest absolute Gasteiger partial charge is 0.448 e. The number of hydrogen-bond donors (Lipinski definition) is 1. The summed E-state index contributed by atoms with van der Waals surface area (Å²) in [6, 6.07) is 26.2. The number of β-lactam (4-membered cyclic amide) rings is 1. The Morgan fingerprint density at radius 2 is 1.54 bits per heavy atom. The number of nitrogens with one attached hydrogen (secondary N) is 1. The van der Waals surface area contributed by atoms with E-state index in [1.54, 1.807) is 30.3 Å². The van der Waals surface area contributed by atoms with Crippen LogP contribution >= 0.6 is 11.8 Å². The molecule has 9 nitrogen and oxygen atoms in total. The van der Waals surface area contributed by atoms with Gasteiger partial charge in [-0.1, -0.05) is 78.9 Å². The maximum absolute atomic E-state index is 13.8. The van der Waals surface area contributed by atoms with E-state index in [2.05, 4.69) is 5.32 Å². The molecule has 0 spiro atoms. The molecule has 39 heavy (non-hydrogen) atoms. The minimum absolute atomic E-state index is 0.00271. The van der Waals surface area contributed by atoms with Crippen molar-refractivity contribution in [2.75, 3.05) is 12.4 Å². The number of fused-ring (bicyclic) bond motifs is 1. The number of benzene rings is 3. The minimum Gasteiger partial charge on any atom is -0.448 e. The largest absolute Gasteiger partial charge is 0.514 e. The first-order valence-electron chi connectivity index (χ1n) is 12.1. The normalized spacial score (nSPS) is 18.1. The van der Waals surface area contributed by atoms with Crippen molar-refractivity contribution in [1.82, 2.24) is 10.2 Å². The van der Waals surface area contributed by atoms with Gasteiger partial charge in [0.2, 0.25) is 6.41 Å². The molecule has 0 bridgehead atoms. The molecular weight excluding hydrogens is 520 g/mol. The second-order valence-electron chi connectivity index (χ2n) is 8.68. The second kappa shape index (κ2) is 11.9. The Morgan fingerprint density at radius 1 is 0.949 bits per heavy atom. The zero-order valence-electron chi connectivity index (χ0n) is 20.6. The average Bonchev–Trinajstić information content (AvgIpc) is 2.98. The fraction of sp³-hybridized carbons (Fsp3) is 0.172. The fourth-order valence-corrected chi connectivity index (χ4v) is 5.72. The summed E-state index contributed by atoms with van der Waals surface area (Å²) in [7, 11) is 0. The Balaban J connectivity index is 1.42. The minimum atomic E-state index is -0.949. The zero-order chi connectivity index (χ0) is 27.2. The van der Waals surface area contributed by atoms with Crippen molar-refractivity contribution in [2.45, 2.75) is 17.5 Å². The van der Waals surface area contributed by atoms with Gasteiger partial charge in [0.15, 0.2) is 6.10 Å². The monoisotopic (exact) mass is 544 g/mol. The van der Waals surface area contributed by atoms with Crippen LogP contribution in [0.2, 0.25) is 0 Å². The molecule has 2 atom stereocenters. The summed E-state index contributed by atoms with van der Waals surface area (Å²) in [4.78, 5) is 51.4. The van der Waals surface area contributed by atoms with Crippen LogP contribution in [0.5, 0.6) is 5.75 Å². The molecule has 2 aliphatic rings. The van der Waals surface area contributed by atoms with Gasteiger partial charge in [-0.05, 0) is 23.3 Å². The van der Waals surface area contributed by atoms with Gasteiger partial charge < -0.3 is 19.5 Å². The van der Waals surface area contributed by atoms with Crippen molar-refractivity contribution in [3.63, 3.8) is 0 Å². The second-order valence-corrected chi connectivity index (χ2v) is 9.79. The van der Waals surface area contributed by atoms with Crippen LogP contribution in [-0.4, -0.2) is 53.1 Å². The molecule has 1 fully saturated rings. The molecule has 1 saturated heterocycles. The van der Waals surface area contributed by atoms with Gasteiger partial charge >= 0.3 is 12.1 Å². The van der Waals surface area contributed by atoms with Crippen LogP contribution in [0.4, 0.5) is 4.79 Å². The standard InChI is InChI=1S/C29H24N2O7S/c32-18-30-23-26(33)31-24(21(17-39-27(23)31)16-36-29(35)37-22-14-8-3-9-15-22)28(34)38-25(19-10-4-1-5-11-19)20-12-6-2-7-13-20/h1-15,18,23,25,27H,16-17H2,(H,30,32)/t23?,27-/m1/s1. The van der Waals surface area contributed by atoms with E-state index in [-0.39, 0.29) is 18.1 Å². The molecule has 0 aromatic heterocycles. The Bertz CT molecular complexity index is 1340. The third-order valence-electron chi connectivity index (χ3n) is 6.23. The molecule has 0 aliphatic carbocycles. The molecule has 2 aliphatic heterocycles. The fourth-order valence-electron chi connectivity index (χ4n) is 4.38. The van der Waals surface area contributed by atoms with Gasteiger partial charge in [0.25, 0.3) is 5.91 Å². The lowest BCUT2D eigenvalue weighted by atomic mass is 10.0. The van der Waals surface area contributed by atoms with E-state index >= 15 is 0 Å². The van der Waals surface area contributed by atoms with Crippen molar-refractivity contribution in [2.24, 2.45) is 0 Å². The third kappa shape index (κ3) is 5.65. The van der Waals surface area contributed by atoms with E-state index in [0.717, 1.165) is 11.1 Å². The van der Waals surface area contributed by atoms with Gasteiger partial charge in [-0.15, -0.1) is 11.8 Å². The number of ether oxygens (including phenoxy) is 3. The van der Waals surface area contributed by atoms with Crippen molar-refractivity contribution < 1.29 is 33.4 Å². The highest BCUT2D eigenvalue weighted by atomic mass is 32.2. The van der Waals surface area contributed by atoms with Crippen LogP contribution in [0.3, 0.4) is 0 Å². The van der Waals surface area contributed by atoms with Gasteiger partial charge in [-0.3, -0.25) is 14.5 Å². The summed E-state index contributed by atoms with van der Waals surface area (Å²) in [5, 5.41) is 2.01. The molecule has 0 radical (unpaired) electrons. The SMILES string of the molecule is O=CNC1C(=O)N2C(C(=O)OC(c3ccccc3)c3ccccc3)=C(COC(=O)Oc3ccccc3)CS[C@H]12. The lowest BCUT2D eigenvalue weighted by Gasteiger charge is -2.49. The predicted octanol–water partition coefficient (Wildman–Crippen LogP) is 3.82. The first-order chi connectivity index (χ1) is 19.1. The molecule has 5 rings (SSSR count). The average molecular weight is 545 g/mol. The van der Waals surface area contributed by atoms with Crippen LogP contribution in [0, 0.1) is 0 Å². The lowest BCUT2D eigenvalue weighted by Crippen LogP contribution is -2.69. The number of hydrogen-bond acceptors (Lipinski definition) is 8. The highest BCUT2D eigenvalue weighted by Gasteiger charge is 2.54. The Labute approximate surface area is 228 Å². The van der Waals surface area contributed by atoms with E-state index < -0.39 is 35.6 Å². The summed E-state index contributed by atoms with van der Waals surface area (Å²) in [6.07, 6.45) is -1.23. The van der Waals surface area contributed by atoms with E-state index in [0.29, 0.717) is 17.7 Å². The zero-order valence-corrected chi connectivity index (χ0v) is 21.4. The maximum atomic E-state index is 13.8. The van der Waals surface area contributed by atoms with Gasteiger partial charge in [-0.25, -0.2) is 9.59 Å².